The standard InChI is InChI=1S/C33H34N6/c1-25-11-8-12-26(2)31(25)39-33(34-35-36-39)32(30-19-9-17-28-16-6-7-18-29(28)30)38-23-21-37(22-24-38)20-10-15-27-13-4-3-5-14-27/h3-19,32H,20-24H2,1-2H3/t32-/m0/s1. The third kappa shape index (κ3) is 5.26. The van der Waals surface area contributed by atoms with E-state index in [-0.39, 0.29) is 6.04 Å². The van der Waals surface area contributed by atoms with Crippen molar-refractivity contribution in [3.05, 3.63) is 125 Å². The van der Waals surface area contributed by atoms with E-state index in [9.17, 15) is 0 Å². The van der Waals surface area contributed by atoms with Crippen molar-refractivity contribution in [3.63, 3.8) is 0 Å². The fourth-order valence-electron chi connectivity index (χ4n) is 5.76. The Morgan fingerprint density at radius 1 is 0.769 bits per heavy atom. The molecule has 0 saturated carbocycles. The highest BCUT2D eigenvalue weighted by Gasteiger charge is 2.32. The summed E-state index contributed by atoms with van der Waals surface area (Å²) in [6.45, 7) is 9.06. The average molecular weight is 515 g/mol. The lowest BCUT2D eigenvalue weighted by atomic mass is 9.96. The normalized spacial score (nSPS) is 15.7. The van der Waals surface area contributed by atoms with Gasteiger partial charge >= 0.3 is 0 Å². The monoisotopic (exact) mass is 514 g/mol. The maximum atomic E-state index is 4.67. The summed E-state index contributed by atoms with van der Waals surface area (Å²) in [5.74, 6) is 0.862. The Morgan fingerprint density at radius 2 is 1.46 bits per heavy atom. The molecule has 0 radical (unpaired) electrons. The Labute approximate surface area is 230 Å². The molecule has 2 heterocycles. The van der Waals surface area contributed by atoms with Crippen LogP contribution in [0.15, 0.2) is 97.1 Å². The number of nitrogens with zero attached hydrogens (tertiary/aromatic N) is 6. The van der Waals surface area contributed by atoms with Crippen LogP contribution in [0, 0.1) is 13.8 Å². The number of benzene rings is 4. The Bertz CT molecular complexity index is 1560. The van der Waals surface area contributed by atoms with Crippen molar-refractivity contribution in [1.29, 1.82) is 0 Å². The number of aryl methyl sites for hydroxylation is 2. The Balaban J connectivity index is 1.33. The van der Waals surface area contributed by atoms with Crippen LogP contribution in [-0.4, -0.2) is 62.7 Å². The molecule has 0 bridgehead atoms. The molecule has 39 heavy (non-hydrogen) atoms. The summed E-state index contributed by atoms with van der Waals surface area (Å²) in [6, 6.07) is 32.0. The third-order valence-electron chi connectivity index (χ3n) is 7.75. The van der Waals surface area contributed by atoms with Crippen LogP contribution in [0.4, 0.5) is 0 Å². The summed E-state index contributed by atoms with van der Waals surface area (Å²) < 4.78 is 1.96. The van der Waals surface area contributed by atoms with Gasteiger partial charge in [-0.1, -0.05) is 103 Å². The second-order valence-electron chi connectivity index (χ2n) is 10.3. The van der Waals surface area contributed by atoms with Gasteiger partial charge in [0.1, 0.15) is 0 Å². The molecule has 6 nitrogen and oxygen atoms in total. The average Bonchev–Trinajstić information content (AvgIpc) is 3.43. The third-order valence-corrected chi connectivity index (χ3v) is 7.75. The van der Waals surface area contributed by atoms with Crippen LogP contribution in [0.1, 0.15) is 34.1 Å². The Kier molecular flexibility index (Phi) is 7.30. The van der Waals surface area contributed by atoms with Crippen LogP contribution in [0.2, 0.25) is 0 Å². The van der Waals surface area contributed by atoms with Crippen molar-refractivity contribution in [1.82, 2.24) is 30.0 Å². The lowest BCUT2D eigenvalue weighted by Crippen LogP contribution is -2.48. The summed E-state index contributed by atoms with van der Waals surface area (Å²) in [7, 11) is 0. The molecule has 0 amide bonds. The summed E-state index contributed by atoms with van der Waals surface area (Å²) >= 11 is 0. The first-order valence-corrected chi connectivity index (χ1v) is 13.7. The van der Waals surface area contributed by atoms with Crippen LogP contribution < -0.4 is 0 Å². The molecule has 1 saturated heterocycles. The van der Waals surface area contributed by atoms with E-state index in [4.69, 9.17) is 0 Å². The minimum absolute atomic E-state index is 0.0629. The van der Waals surface area contributed by atoms with Crippen molar-refractivity contribution in [2.45, 2.75) is 19.9 Å². The van der Waals surface area contributed by atoms with E-state index < -0.39 is 0 Å². The lowest BCUT2D eigenvalue weighted by molar-refractivity contribution is 0.114. The number of para-hydroxylation sites is 1. The molecule has 0 N–H and O–H groups in total. The van der Waals surface area contributed by atoms with E-state index >= 15 is 0 Å². The summed E-state index contributed by atoms with van der Waals surface area (Å²) in [5.41, 5.74) is 5.87. The summed E-state index contributed by atoms with van der Waals surface area (Å²) in [6.07, 6.45) is 4.48. The molecule has 196 valence electrons. The van der Waals surface area contributed by atoms with Gasteiger partial charge in [0.05, 0.1) is 11.7 Å². The van der Waals surface area contributed by atoms with Gasteiger partial charge in [-0.05, 0) is 57.3 Å². The number of aromatic nitrogens is 4. The molecule has 1 atom stereocenters. The minimum atomic E-state index is -0.0629. The fourth-order valence-corrected chi connectivity index (χ4v) is 5.76. The topological polar surface area (TPSA) is 50.1 Å². The molecule has 6 heteroatoms. The van der Waals surface area contributed by atoms with Crippen LogP contribution in [0.25, 0.3) is 22.5 Å². The molecule has 1 aliphatic heterocycles. The van der Waals surface area contributed by atoms with Gasteiger partial charge < -0.3 is 0 Å². The number of hydrogen-bond acceptors (Lipinski definition) is 5. The maximum Gasteiger partial charge on any atom is 0.178 e. The van der Waals surface area contributed by atoms with Crippen LogP contribution in [0.5, 0.6) is 0 Å². The van der Waals surface area contributed by atoms with Crippen LogP contribution in [0.3, 0.4) is 0 Å². The van der Waals surface area contributed by atoms with Gasteiger partial charge in [0.2, 0.25) is 0 Å². The van der Waals surface area contributed by atoms with Gasteiger partial charge in [-0.15, -0.1) is 5.10 Å². The lowest BCUT2D eigenvalue weighted by Gasteiger charge is -2.39. The zero-order valence-electron chi connectivity index (χ0n) is 22.6. The predicted octanol–water partition coefficient (Wildman–Crippen LogP) is 5.85. The molecule has 5 aromatic rings. The van der Waals surface area contributed by atoms with E-state index in [1.165, 1.54) is 21.9 Å². The smallest absolute Gasteiger partial charge is 0.178 e. The van der Waals surface area contributed by atoms with Gasteiger partial charge in [0, 0.05) is 32.7 Å². The molecule has 1 aromatic heterocycles. The largest absolute Gasteiger partial charge is 0.297 e. The molecule has 0 unspecified atom stereocenters. The molecule has 4 aromatic carbocycles. The first-order valence-electron chi connectivity index (χ1n) is 13.7. The fraction of sp³-hybridized carbons (Fsp3) is 0.242. The van der Waals surface area contributed by atoms with Gasteiger partial charge in [-0.3, -0.25) is 9.80 Å². The van der Waals surface area contributed by atoms with E-state index in [0.717, 1.165) is 55.4 Å². The zero-order chi connectivity index (χ0) is 26.6. The molecular formula is C33H34N6. The number of rotatable bonds is 7. The van der Waals surface area contributed by atoms with Crippen molar-refractivity contribution < 1.29 is 0 Å². The number of tetrazole rings is 1. The molecule has 0 aliphatic carbocycles. The molecule has 1 fully saturated rings. The van der Waals surface area contributed by atoms with E-state index in [1.54, 1.807) is 0 Å². The Morgan fingerprint density at radius 3 is 2.26 bits per heavy atom. The minimum Gasteiger partial charge on any atom is -0.297 e. The summed E-state index contributed by atoms with van der Waals surface area (Å²) in [4.78, 5) is 5.07. The van der Waals surface area contributed by atoms with Gasteiger partial charge in [-0.2, -0.15) is 4.68 Å². The van der Waals surface area contributed by atoms with Crippen molar-refractivity contribution in [3.8, 4) is 5.69 Å². The summed E-state index contributed by atoms with van der Waals surface area (Å²) in [5, 5.41) is 15.9. The second-order valence-corrected chi connectivity index (χ2v) is 10.3. The first kappa shape index (κ1) is 25.2. The molecular weight excluding hydrogens is 480 g/mol. The van der Waals surface area contributed by atoms with E-state index in [1.807, 2.05) is 4.68 Å². The molecule has 1 aliphatic rings. The molecule has 6 rings (SSSR count). The Hall–Kier alpha value is -4.13. The van der Waals surface area contributed by atoms with E-state index in [0.29, 0.717) is 0 Å². The molecule has 0 spiro atoms. The SMILES string of the molecule is Cc1cccc(C)c1-n1nnnc1[C@H](c1cccc2ccccc12)N1CCN(CC=Cc2ccccc2)CC1. The highest BCUT2D eigenvalue weighted by Crippen LogP contribution is 2.34. The number of piperazine rings is 1. The van der Waals surface area contributed by atoms with Gasteiger partial charge in [0.25, 0.3) is 0 Å². The highest BCUT2D eigenvalue weighted by atomic mass is 15.6. The van der Waals surface area contributed by atoms with Crippen molar-refractivity contribution in [2.75, 3.05) is 32.7 Å². The second kappa shape index (κ2) is 11.3. The number of fused-ring (bicyclic) bond motifs is 1. The van der Waals surface area contributed by atoms with Crippen LogP contribution in [-0.2, 0) is 0 Å². The maximum absolute atomic E-state index is 4.67. The van der Waals surface area contributed by atoms with Gasteiger partial charge in [0.15, 0.2) is 5.82 Å². The zero-order valence-corrected chi connectivity index (χ0v) is 22.6. The first-order chi connectivity index (χ1) is 19.2. The highest BCUT2D eigenvalue weighted by molar-refractivity contribution is 5.86. The quantitative estimate of drug-likeness (QED) is 0.273. The predicted molar refractivity (Wildman–Crippen MR) is 158 cm³/mol. The number of hydrogen-bond donors (Lipinski definition) is 0. The van der Waals surface area contributed by atoms with Gasteiger partial charge in [-0.25, -0.2) is 0 Å². The van der Waals surface area contributed by atoms with Crippen molar-refractivity contribution >= 4 is 16.8 Å². The van der Waals surface area contributed by atoms with E-state index in [2.05, 4.69) is 142 Å². The van der Waals surface area contributed by atoms with Crippen molar-refractivity contribution in [2.24, 2.45) is 0 Å². The van der Waals surface area contributed by atoms with Crippen LogP contribution >= 0.6 is 0 Å².